The van der Waals surface area contributed by atoms with Crippen molar-refractivity contribution in [3.05, 3.63) is 47.5 Å². The molecular weight excluding hydrogens is 392 g/mol. The van der Waals surface area contributed by atoms with Crippen molar-refractivity contribution in [2.45, 2.75) is 36.6 Å². The van der Waals surface area contributed by atoms with E-state index in [9.17, 15) is 13.2 Å². The summed E-state index contributed by atoms with van der Waals surface area (Å²) >= 11 is 0. The Morgan fingerprint density at radius 3 is 2.69 bits per heavy atom. The second-order valence-corrected chi connectivity index (χ2v) is 9.53. The highest BCUT2D eigenvalue weighted by Gasteiger charge is 2.38. The number of anilines is 1. The number of carbonyl (C=O) groups is 1. The first-order valence-electron chi connectivity index (χ1n) is 9.81. The Bertz CT molecular complexity index is 1100. The van der Waals surface area contributed by atoms with E-state index < -0.39 is 10.0 Å². The summed E-state index contributed by atoms with van der Waals surface area (Å²) in [5, 5.41) is 2.79. The van der Waals surface area contributed by atoms with Crippen LogP contribution in [0.25, 0.3) is 0 Å². The summed E-state index contributed by atoms with van der Waals surface area (Å²) in [6.45, 7) is 3.25. The van der Waals surface area contributed by atoms with Crippen molar-refractivity contribution < 1.29 is 22.7 Å². The van der Waals surface area contributed by atoms with Crippen molar-refractivity contribution >= 4 is 21.6 Å². The third-order valence-corrected chi connectivity index (χ3v) is 7.81. The minimum atomic E-state index is -3.70. The van der Waals surface area contributed by atoms with Gasteiger partial charge in [0.25, 0.3) is 0 Å². The molecule has 0 spiro atoms. The van der Waals surface area contributed by atoms with Gasteiger partial charge in [-0.1, -0.05) is 6.07 Å². The SMILES string of the molecule is C[C@H]1C(=O)Nc2ccc(S(=O)(=O)N3CCC[C@@H]3c3ccc4c(c3)OCCO4)cc21. The first kappa shape index (κ1) is 18.4. The number of hydrogen-bond acceptors (Lipinski definition) is 5. The zero-order chi connectivity index (χ0) is 20.2. The van der Waals surface area contributed by atoms with Gasteiger partial charge < -0.3 is 14.8 Å². The fraction of sp³-hybridized carbons (Fsp3) is 0.381. The Hall–Kier alpha value is -2.58. The molecule has 8 heteroatoms. The predicted octanol–water partition coefficient (Wildman–Crippen LogP) is 3.04. The molecule has 5 rings (SSSR count). The van der Waals surface area contributed by atoms with E-state index in [1.165, 1.54) is 0 Å². The molecule has 152 valence electrons. The molecule has 1 fully saturated rings. The van der Waals surface area contributed by atoms with Crippen LogP contribution < -0.4 is 14.8 Å². The van der Waals surface area contributed by atoms with Crippen molar-refractivity contribution in [1.82, 2.24) is 4.31 Å². The molecule has 7 nitrogen and oxygen atoms in total. The predicted molar refractivity (Wildman–Crippen MR) is 107 cm³/mol. The number of benzene rings is 2. The highest BCUT2D eigenvalue weighted by Crippen LogP contribution is 2.41. The number of nitrogens with zero attached hydrogens (tertiary/aromatic N) is 1. The average molecular weight is 414 g/mol. The molecule has 2 aromatic rings. The molecule has 1 amide bonds. The molecule has 0 bridgehead atoms. The lowest BCUT2D eigenvalue weighted by molar-refractivity contribution is -0.116. The summed E-state index contributed by atoms with van der Waals surface area (Å²) in [7, 11) is -3.70. The molecule has 2 aromatic carbocycles. The second-order valence-electron chi connectivity index (χ2n) is 7.64. The summed E-state index contributed by atoms with van der Waals surface area (Å²) in [5.74, 6) is 0.892. The lowest BCUT2D eigenvalue weighted by Gasteiger charge is -2.26. The Morgan fingerprint density at radius 1 is 1.07 bits per heavy atom. The van der Waals surface area contributed by atoms with Crippen LogP contribution in [0.15, 0.2) is 41.3 Å². The first-order valence-corrected chi connectivity index (χ1v) is 11.3. The van der Waals surface area contributed by atoms with Gasteiger partial charge in [-0.15, -0.1) is 0 Å². The highest BCUT2D eigenvalue weighted by atomic mass is 32.2. The summed E-state index contributed by atoms with van der Waals surface area (Å²) < 4.78 is 39.7. The third kappa shape index (κ3) is 2.98. The zero-order valence-corrected chi connectivity index (χ0v) is 16.9. The van der Waals surface area contributed by atoms with Gasteiger partial charge in [0.15, 0.2) is 11.5 Å². The van der Waals surface area contributed by atoms with E-state index in [0.29, 0.717) is 36.9 Å². The molecule has 1 N–H and O–H groups in total. The van der Waals surface area contributed by atoms with Crippen LogP contribution in [0.4, 0.5) is 5.69 Å². The fourth-order valence-electron chi connectivity index (χ4n) is 4.32. The zero-order valence-electron chi connectivity index (χ0n) is 16.1. The minimum Gasteiger partial charge on any atom is -0.486 e. The number of ether oxygens (including phenoxy) is 2. The Morgan fingerprint density at radius 2 is 1.86 bits per heavy atom. The van der Waals surface area contributed by atoms with E-state index in [-0.39, 0.29) is 22.8 Å². The highest BCUT2D eigenvalue weighted by molar-refractivity contribution is 7.89. The monoisotopic (exact) mass is 414 g/mol. The minimum absolute atomic E-state index is 0.107. The molecule has 3 aliphatic heterocycles. The van der Waals surface area contributed by atoms with Gasteiger partial charge in [-0.3, -0.25) is 4.79 Å². The van der Waals surface area contributed by atoms with Gasteiger partial charge in [0.05, 0.1) is 16.9 Å². The smallest absolute Gasteiger partial charge is 0.243 e. The number of rotatable bonds is 3. The molecule has 0 unspecified atom stereocenters. The van der Waals surface area contributed by atoms with Crippen LogP contribution in [-0.2, 0) is 14.8 Å². The molecule has 3 heterocycles. The molecule has 3 aliphatic rings. The Kier molecular flexibility index (Phi) is 4.29. The first-order chi connectivity index (χ1) is 13.9. The number of hydrogen-bond donors (Lipinski definition) is 1. The van der Waals surface area contributed by atoms with E-state index in [1.807, 2.05) is 18.2 Å². The standard InChI is InChI=1S/C21H22N2O5S/c1-13-16-12-15(5-6-17(16)22-21(13)24)29(25,26)23-8-2-3-18(23)14-4-7-19-20(11-14)28-10-9-27-19/h4-7,11-13,18H,2-3,8-10H2,1H3,(H,22,24)/t13-,18-/m1/s1. The van der Waals surface area contributed by atoms with E-state index in [4.69, 9.17) is 9.47 Å². The van der Waals surface area contributed by atoms with Crippen molar-refractivity contribution in [2.24, 2.45) is 0 Å². The normalized spacial score (nSPS) is 23.7. The summed E-state index contributed by atoms with van der Waals surface area (Å²) in [4.78, 5) is 12.1. The summed E-state index contributed by atoms with van der Waals surface area (Å²) in [6.07, 6.45) is 1.54. The third-order valence-electron chi connectivity index (χ3n) is 5.90. The van der Waals surface area contributed by atoms with Gasteiger partial charge in [0.2, 0.25) is 15.9 Å². The van der Waals surface area contributed by atoms with Gasteiger partial charge in [0, 0.05) is 12.2 Å². The van der Waals surface area contributed by atoms with Gasteiger partial charge in [-0.25, -0.2) is 8.42 Å². The lowest BCUT2D eigenvalue weighted by atomic mass is 10.0. The van der Waals surface area contributed by atoms with Crippen LogP contribution in [0.1, 0.15) is 42.9 Å². The van der Waals surface area contributed by atoms with Crippen LogP contribution in [0, 0.1) is 0 Å². The number of amides is 1. The Balaban J connectivity index is 1.49. The molecule has 1 saturated heterocycles. The lowest BCUT2D eigenvalue weighted by Crippen LogP contribution is -2.31. The van der Waals surface area contributed by atoms with Crippen LogP contribution in [-0.4, -0.2) is 38.4 Å². The second kappa shape index (κ2) is 6.74. The number of sulfonamides is 1. The van der Waals surface area contributed by atoms with Crippen LogP contribution in [0.5, 0.6) is 11.5 Å². The molecule has 2 atom stereocenters. The molecular formula is C21H22N2O5S. The fourth-order valence-corrected chi connectivity index (χ4v) is 6.04. The van der Waals surface area contributed by atoms with Gasteiger partial charge in [-0.05, 0) is 61.2 Å². The van der Waals surface area contributed by atoms with E-state index in [2.05, 4.69) is 5.32 Å². The van der Waals surface area contributed by atoms with Crippen LogP contribution >= 0.6 is 0 Å². The van der Waals surface area contributed by atoms with Gasteiger partial charge in [0.1, 0.15) is 13.2 Å². The topological polar surface area (TPSA) is 84.9 Å². The molecule has 0 saturated carbocycles. The van der Waals surface area contributed by atoms with Crippen molar-refractivity contribution in [3.63, 3.8) is 0 Å². The maximum atomic E-state index is 13.5. The van der Waals surface area contributed by atoms with E-state index in [0.717, 1.165) is 24.0 Å². The maximum absolute atomic E-state index is 13.5. The maximum Gasteiger partial charge on any atom is 0.243 e. The van der Waals surface area contributed by atoms with Crippen molar-refractivity contribution in [1.29, 1.82) is 0 Å². The van der Waals surface area contributed by atoms with Crippen LogP contribution in [0.3, 0.4) is 0 Å². The Labute approximate surface area is 169 Å². The van der Waals surface area contributed by atoms with E-state index in [1.54, 1.807) is 29.4 Å². The largest absolute Gasteiger partial charge is 0.486 e. The quantitative estimate of drug-likeness (QED) is 0.835. The molecule has 0 aliphatic carbocycles. The average Bonchev–Trinajstić information content (AvgIpc) is 3.33. The van der Waals surface area contributed by atoms with Crippen molar-refractivity contribution in [3.8, 4) is 11.5 Å². The molecule has 0 aromatic heterocycles. The summed E-state index contributed by atoms with van der Waals surface area (Å²) in [6, 6.07) is 10.3. The summed E-state index contributed by atoms with van der Waals surface area (Å²) in [5.41, 5.74) is 2.32. The van der Waals surface area contributed by atoms with Gasteiger partial charge in [-0.2, -0.15) is 4.31 Å². The van der Waals surface area contributed by atoms with E-state index >= 15 is 0 Å². The van der Waals surface area contributed by atoms with Gasteiger partial charge >= 0.3 is 0 Å². The van der Waals surface area contributed by atoms with Crippen LogP contribution in [0.2, 0.25) is 0 Å². The number of carbonyl (C=O) groups excluding carboxylic acids is 1. The molecule has 0 radical (unpaired) electrons. The number of nitrogens with one attached hydrogen (secondary N) is 1. The molecule has 29 heavy (non-hydrogen) atoms. The van der Waals surface area contributed by atoms with Crippen molar-refractivity contribution in [2.75, 3.05) is 25.1 Å². The number of fused-ring (bicyclic) bond motifs is 2.